The highest BCUT2D eigenvalue weighted by Crippen LogP contribution is 2.35. The predicted molar refractivity (Wildman–Crippen MR) is 125 cm³/mol. The first kappa shape index (κ1) is 20.0. The van der Waals surface area contributed by atoms with Gasteiger partial charge in [0.05, 0.1) is 17.4 Å². The zero-order valence-electron chi connectivity index (χ0n) is 17.9. The van der Waals surface area contributed by atoms with Gasteiger partial charge in [-0.2, -0.15) is 4.98 Å². The highest BCUT2D eigenvalue weighted by Gasteiger charge is 2.21. The number of nitrogens with one attached hydrogen (secondary N) is 2. The van der Waals surface area contributed by atoms with Gasteiger partial charge in [0, 0.05) is 29.9 Å². The van der Waals surface area contributed by atoms with Crippen LogP contribution < -0.4 is 20.1 Å². The van der Waals surface area contributed by atoms with Gasteiger partial charge >= 0.3 is 0 Å². The number of benzene rings is 2. The number of hydrogen-bond donors (Lipinski definition) is 2. The fourth-order valence-corrected chi connectivity index (χ4v) is 3.59. The molecule has 0 amide bonds. The van der Waals surface area contributed by atoms with Crippen LogP contribution in [0.1, 0.15) is 0 Å². The third-order valence-corrected chi connectivity index (χ3v) is 5.01. The predicted octanol–water partition coefficient (Wildman–Crippen LogP) is 4.21. The summed E-state index contributed by atoms with van der Waals surface area (Å²) in [7, 11) is 4.04. The van der Waals surface area contributed by atoms with Gasteiger partial charge in [0.15, 0.2) is 11.5 Å². The Bertz CT molecular complexity index is 1250. The fraction of sp³-hybridized carbons (Fsp3) is 0.208. The van der Waals surface area contributed by atoms with E-state index in [1.54, 1.807) is 12.4 Å². The average molecular weight is 428 g/mol. The van der Waals surface area contributed by atoms with E-state index in [9.17, 15) is 0 Å². The van der Waals surface area contributed by atoms with Crippen molar-refractivity contribution in [1.82, 2.24) is 19.9 Å². The van der Waals surface area contributed by atoms with Gasteiger partial charge in [0.1, 0.15) is 18.5 Å². The number of aromatic nitrogens is 3. The third kappa shape index (κ3) is 4.55. The molecule has 5 rings (SSSR count). The summed E-state index contributed by atoms with van der Waals surface area (Å²) < 4.78 is 11.9. The molecule has 1 aliphatic heterocycles. The van der Waals surface area contributed by atoms with Crippen LogP contribution in [0.25, 0.3) is 10.9 Å². The van der Waals surface area contributed by atoms with E-state index in [4.69, 9.17) is 9.47 Å². The Morgan fingerprint density at radius 2 is 1.88 bits per heavy atom. The summed E-state index contributed by atoms with van der Waals surface area (Å²) in [5, 5.41) is 7.59. The first-order chi connectivity index (χ1) is 15.6. The number of pyridine rings is 1. The molecule has 2 aromatic carbocycles. The van der Waals surface area contributed by atoms with Crippen LogP contribution in [-0.4, -0.2) is 53.2 Å². The van der Waals surface area contributed by atoms with Crippen LogP contribution in [0.2, 0.25) is 0 Å². The normalized spacial score (nSPS) is 15.0. The van der Waals surface area contributed by atoms with E-state index in [1.807, 2.05) is 68.7 Å². The second-order valence-corrected chi connectivity index (χ2v) is 7.91. The van der Waals surface area contributed by atoms with Crippen molar-refractivity contribution in [3.05, 3.63) is 67.0 Å². The van der Waals surface area contributed by atoms with Gasteiger partial charge in [0.2, 0.25) is 5.95 Å². The third-order valence-electron chi connectivity index (χ3n) is 5.01. The summed E-state index contributed by atoms with van der Waals surface area (Å²) in [5.74, 6) is 2.60. The molecule has 8 heteroatoms. The summed E-state index contributed by atoms with van der Waals surface area (Å²) in [4.78, 5) is 15.5. The zero-order chi connectivity index (χ0) is 21.9. The van der Waals surface area contributed by atoms with Crippen molar-refractivity contribution in [2.75, 3.05) is 37.9 Å². The van der Waals surface area contributed by atoms with Crippen molar-refractivity contribution in [2.45, 2.75) is 6.10 Å². The van der Waals surface area contributed by atoms with Gasteiger partial charge in [-0.25, -0.2) is 4.98 Å². The monoisotopic (exact) mass is 428 g/mol. The van der Waals surface area contributed by atoms with Crippen LogP contribution in [0.4, 0.5) is 23.1 Å². The van der Waals surface area contributed by atoms with Gasteiger partial charge in [-0.3, -0.25) is 4.98 Å². The molecule has 3 heterocycles. The summed E-state index contributed by atoms with van der Waals surface area (Å²) in [6.07, 6.45) is 3.52. The van der Waals surface area contributed by atoms with Gasteiger partial charge < -0.3 is 25.0 Å². The number of nitrogens with zero attached hydrogens (tertiary/aromatic N) is 4. The van der Waals surface area contributed by atoms with Crippen molar-refractivity contribution in [1.29, 1.82) is 0 Å². The lowest BCUT2D eigenvalue weighted by molar-refractivity contribution is 0.0711. The number of likely N-dealkylation sites (N-methyl/N-ethyl adjacent to an activating group) is 1. The minimum absolute atomic E-state index is 0.0204. The highest BCUT2D eigenvalue weighted by atomic mass is 16.6. The number of ether oxygens (including phenoxy) is 2. The Balaban J connectivity index is 1.29. The molecule has 0 radical (unpaired) electrons. The Labute approximate surface area is 186 Å². The zero-order valence-corrected chi connectivity index (χ0v) is 17.9. The van der Waals surface area contributed by atoms with E-state index in [2.05, 4.69) is 30.5 Å². The molecule has 4 aromatic rings. The number of anilines is 4. The van der Waals surface area contributed by atoms with Crippen LogP contribution in [0, 0.1) is 0 Å². The Kier molecular flexibility index (Phi) is 5.43. The molecular formula is C24H24N6O2. The van der Waals surface area contributed by atoms with E-state index in [0.29, 0.717) is 24.1 Å². The standard InChI is InChI=1S/C24H24N6O2/c1-30(2)14-19-15-31-22-12-17(7-8-21(22)32-19)28-24-25-10-9-23(29-24)27-18-11-16-5-3-4-6-20(16)26-13-18/h3-13,19H,14-15H2,1-2H3,(H2,25,27,28,29). The molecule has 2 N–H and O–H groups in total. The molecule has 2 aromatic heterocycles. The molecule has 1 unspecified atom stereocenters. The summed E-state index contributed by atoms with van der Waals surface area (Å²) in [6, 6.07) is 17.6. The molecule has 162 valence electrons. The van der Waals surface area contributed by atoms with Gasteiger partial charge in [-0.15, -0.1) is 0 Å². The summed E-state index contributed by atoms with van der Waals surface area (Å²) >= 11 is 0. The first-order valence-corrected chi connectivity index (χ1v) is 10.4. The molecule has 0 saturated heterocycles. The smallest absolute Gasteiger partial charge is 0.229 e. The second kappa shape index (κ2) is 8.68. The maximum atomic E-state index is 6.02. The lowest BCUT2D eigenvalue weighted by Gasteiger charge is -2.28. The average Bonchev–Trinajstić information content (AvgIpc) is 2.79. The van der Waals surface area contributed by atoms with Crippen molar-refractivity contribution >= 4 is 34.0 Å². The number of rotatable bonds is 6. The van der Waals surface area contributed by atoms with E-state index in [1.165, 1.54) is 0 Å². The van der Waals surface area contributed by atoms with E-state index < -0.39 is 0 Å². The van der Waals surface area contributed by atoms with Crippen molar-refractivity contribution in [2.24, 2.45) is 0 Å². The minimum Gasteiger partial charge on any atom is -0.486 e. The lowest BCUT2D eigenvalue weighted by atomic mass is 10.2. The molecular weight excluding hydrogens is 404 g/mol. The SMILES string of the molecule is CN(C)CC1COc2cc(Nc3nccc(Nc4cnc5ccccc5c4)n3)ccc2O1. The van der Waals surface area contributed by atoms with Crippen LogP contribution in [0.15, 0.2) is 67.0 Å². The molecule has 0 aliphatic carbocycles. The Hall–Kier alpha value is -3.91. The van der Waals surface area contributed by atoms with Crippen LogP contribution in [0.5, 0.6) is 11.5 Å². The van der Waals surface area contributed by atoms with Gasteiger partial charge in [-0.05, 0) is 44.4 Å². The summed E-state index contributed by atoms with van der Waals surface area (Å²) in [6.45, 7) is 1.32. The molecule has 0 spiro atoms. The highest BCUT2D eigenvalue weighted by molar-refractivity contribution is 5.82. The Morgan fingerprint density at radius 3 is 2.78 bits per heavy atom. The number of para-hydroxylation sites is 1. The minimum atomic E-state index is 0.0204. The second-order valence-electron chi connectivity index (χ2n) is 7.91. The number of fused-ring (bicyclic) bond motifs is 2. The quantitative estimate of drug-likeness (QED) is 0.472. The first-order valence-electron chi connectivity index (χ1n) is 10.4. The molecule has 8 nitrogen and oxygen atoms in total. The Morgan fingerprint density at radius 1 is 0.969 bits per heavy atom. The topological polar surface area (TPSA) is 84.4 Å². The number of hydrogen-bond acceptors (Lipinski definition) is 8. The molecule has 0 bridgehead atoms. The van der Waals surface area contributed by atoms with Gasteiger partial charge in [0.25, 0.3) is 0 Å². The van der Waals surface area contributed by atoms with E-state index >= 15 is 0 Å². The molecule has 0 saturated carbocycles. The molecule has 32 heavy (non-hydrogen) atoms. The fourth-order valence-electron chi connectivity index (χ4n) is 3.59. The summed E-state index contributed by atoms with van der Waals surface area (Å²) in [5.41, 5.74) is 2.64. The maximum absolute atomic E-state index is 6.02. The maximum Gasteiger partial charge on any atom is 0.229 e. The van der Waals surface area contributed by atoms with Crippen molar-refractivity contribution < 1.29 is 9.47 Å². The van der Waals surface area contributed by atoms with Crippen molar-refractivity contribution in [3.63, 3.8) is 0 Å². The molecule has 1 aliphatic rings. The van der Waals surface area contributed by atoms with Crippen molar-refractivity contribution in [3.8, 4) is 11.5 Å². The van der Waals surface area contributed by atoms with E-state index in [-0.39, 0.29) is 6.10 Å². The molecule has 0 fully saturated rings. The van der Waals surface area contributed by atoms with Crippen LogP contribution in [-0.2, 0) is 0 Å². The molecule has 1 atom stereocenters. The van der Waals surface area contributed by atoms with Gasteiger partial charge in [-0.1, -0.05) is 18.2 Å². The van der Waals surface area contributed by atoms with Crippen LogP contribution >= 0.6 is 0 Å². The largest absolute Gasteiger partial charge is 0.486 e. The lowest BCUT2D eigenvalue weighted by Crippen LogP contribution is -2.37. The van der Waals surface area contributed by atoms with Crippen LogP contribution in [0.3, 0.4) is 0 Å². The van der Waals surface area contributed by atoms with E-state index in [0.717, 1.165) is 34.6 Å².